The van der Waals surface area contributed by atoms with Crippen molar-refractivity contribution in [3.63, 3.8) is 0 Å². The van der Waals surface area contributed by atoms with Crippen molar-refractivity contribution in [3.8, 4) is 5.75 Å². The van der Waals surface area contributed by atoms with E-state index in [0.29, 0.717) is 25.7 Å². The molecular weight excluding hydrogens is 400 g/mol. The van der Waals surface area contributed by atoms with Crippen LogP contribution in [0.3, 0.4) is 0 Å². The van der Waals surface area contributed by atoms with Crippen molar-refractivity contribution in [1.29, 1.82) is 0 Å². The van der Waals surface area contributed by atoms with Gasteiger partial charge in [0.05, 0.1) is 0 Å². The minimum Gasteiger partial charge on any atom is -0.491 e. The number of hydrogen-bond acceptors (Lipinski definition) is 4. The third-order valence-electron chi connectivity index (χ3n) is 5.90. The molecule has 2 aromatic rings. The van der Waals surface area contributed by atoms with Crippen molar-refractivity contribution in [2.75, 3.05) is 13.2 Å². The van der Waals surface area contributed by atoms with Crippen molar-refractivity contribution in [2.24, 2.45) is 0 Å². The number of nitrogens with one attached hydrogen (secondary N) is 1. The number of rotatable bonds is 7. The van der Waals surface area contributed by atoms with Crippen LogP contribution in [0.4, 0.5) is 8.78 Å². The zero-order valence-electron chi connectivity index (χ0n) is 18.4. The van der Waals surface area contributed by atoms with Gasteiger partial charge in [-0.2, -0.15) is 0 Å². The maximum atomic E-state index is 13.3. The number of carbonyl (C=O) groups excluding carboxylic acids is 1. The second-order valence-corrected chi connectivity index (χ2v) is 9.40. The number of Topliss-reactive ketones (excluding diaryl/α,β-unsaturated/α-hetero) is 1. The second kappa shape index (κ2) is 9.45. The third-order valence-corrected chi connectivity index (χ3v) is 5.90. The molecule has 2 N–H and O–H groups in total. The summed E-state index contributed by atoms with van der Waals surface area (Å²) in [7, 11) is 0. The van der Waals surface area contributed by atoms with E-state index in [1.807, 2.05) is 6.07 Å². The van der Waals surface area contributed by atoms with Gasteiger partial charge in [0.25, 0.3) is 0 Å². The molecule has 1 aliphatic rings. The van der Waals surface area contributed by atoms with Crippen LogP contribution in [0, 0.1) is 11.6 Å². The van der Waals surface area contributed by atoms with Gasteiger partial charge in [0, 0.05) is 43.1 Å². The van der Waals surface area contributed by atoms with Crippen LogP contribution < -0.4 is 10.1 Å². The fourth-order valence-electron chi connectivity index (χ4n) is 3.98. The van der Waals surface area contributed by atoms with E-state index in [0.717, 1.165) is 23.8 Å². The molecule has 168 valence electrons. The molecule has 0 bridgehead atoms. The lowest BCUT2D eigenvalue weighted by atomic mass is 9.74. The molecule has 3 rings (SSSR count). The van der Waals surface area contributed by atoms with E-state index in [2.05, 4.69) is 44.3 Å². The zero-order chi connectivity index (χ0) is 22.6. The van der Waals surface area contributed by atoms with Crippen molar-refractivity contribution in [1.82, 2.24) is 5.32 Å². The molecule has 1 saturated carbocycles. The molecule has 31 heavy (non-hydrogen) atoms. The Bertz CT molecular complexity index is 893. The van der Waals surface area contributed by atoms with Crippen LogP contribution in [-0.4, -0.2) is 30.1 Å². The van der Waals surface area contributed by atoms with Crippen LogP contribution in [0.1, 0.15) is 57.6 Å². The molecule has 1 fully saturated rings. The first-order valence-corrected chi connectivity index (χ1v) is 10.7. The Kier molecular flexibility index (Phi) is 7.12. The van der Waals surface area contributed by atoms with E-state index in [1.165, 1.54) is 5.56 Å². The quantitative estimate of drug-likeness (QED) is 0.671. The van der Waals surface area contributed by atoms with Gasteiger partial charge in [0.1, 0.15) is 35.9 Å². The largest absolute Gasteiger partial charge is 0.491 e. The first-order valence-electron chi connectivity index (χ1n) is 10.7. The fraction of sp³-hybridized carbons (Fsp3) is 0.480. The van der Waals surface area contributed by atoms with Crippen molar-refractivity contribution in [2.45, 2.75) is 63.5 Å². The Balaban J connectivity index is 1.70. The van der Waals surface area contributed by atoms with Crippen LogP contribution in [0.5, 0.6) is 5.75 Å². The highest BCUT2D eigenvalue weighted by molar-refractivity contribution is 5.79. The van der Waals surface area contributed by atoms with E-state index in [4.69, 9.17) is 4.74 Å². The average molecular weight is 432 g/mol. The molecule has 0 aromatic heterocycles. The maximum Gasteiger partial charge on any atom is 0.133 e. The van der Waals surface area contributed by atoms with Crippen molar-refractivity contribution in [3.05, 3.63) is 65.2 Å². The topological polar surface area (TPSA) is 58.6 Å². The number of ether oxygens (including phenoxy) is 1. The average Bonchev–Trinajstić information content (AvgIpc) is 2.71. The summed E-state index contributed by atoms with van der Waals surface area (Å²) in [5.41, 5.74) is 1.89. The van der Waals surface area contributed by atoms with Gasteiger partial charge in [0.2, 0.25) is 0 Å². The van der Waals surface area contributed by atoms with Crippen LogP contribution in [-0.2, 0) is 15.7 Å². The lowest BCUT2D eigenvalue weighted by molar-refractivity contribution is -0.121. The number of carbonyl (C=O) groups is 1. The smallest absolute Gasteiger partial charge is 0.133 e. The standard InChI is InChI=1S/C25H31F2NO3/c1-24(2,3)17-5-4-6-18(11-17)25(9-7-21(29)8-10-25)28-15-22(30)16-31-23-13-19(26)12-20(27)14-23/h4-6,11-14,22,28,30H,7-10,15-16H2,1-3H3. The Morgan fingerprint density at radius 2 is 1.74 bits per heavy atom. The Hall–Kier alpha value is -2.31. The summed E-state index contributed by atoms with van der Waals surface area (Å²) >= 11 is 0. The first kappa shape index (κ1) is 23.4. The summed E-state index contributed by atoms with van der Waals surface area (Å²) in [6, 6.07) is 11.3. The van der Waals surface area contributed by atoms with Gasteiger partial charge >= 0.3 is 0 Å². The minimum atomic E-state index is -0.883. The van der Waals surface area contributed by atoms with E-state index < -0.39 is 23.3 Å². The third kappa shape index (κ3) is 6.11. The van der Waals surface area contributed by atoms with Gasteiger partial charge in [-0.15, -0.1) is 0 Å². The van der Waals surface area contributed by atoms with E-state index in [1.54, 1.807) is 0 Å². The highest BCUT2D eigenvalue weighted by Gasteiger charge is 2.37. The molecule has 0 spiro atoms. The van der Waals surface area contributed by atoms with Gasteiger partial charge in [-0.3, -0.25) is 4.79 Å². The Labute approximate surface area is 182 Å². The number of halogens is 2. The highest BCUT2D eigenvalue weighted by Crippen LogP contribution is 2.37. The number of benzene rings is 2. The monoisotopic (exact) mass is 431 g/mol. The second-order valence-electron chi connectivity index (χ2n) is 9.40. The minimum absolute atomic E-state index is 0.00469. The molecule has 1 atom stereocenters. The summed E-state index contributed by atoms with van der Waals surface area (Å²) in [5, 5.41) is 13.9. The van der Waals surface area contributed by atoms with Gasteiger partial charge in [-0.1, -0.05) is 45.0 Å². The van der Waals surface area contributed by atoms with Gasteiger partial charge < -0.3 is 15.2 Å². The zero-order valence-corrected chi connectivity index (χ0v) is 18.4. The molecule has 2 aromatic carbocycles. The summed E-state index contributed by atoms with van der Waals surface area (Å²) in [4.78, 5) is 11.9. The van der Waals surface area contributed by atoms with E-state index in [9.17, 15) is 18.7 Å². The summed E-state index contributed by atoms with van der Waals surface area (Å²) in [5.74, 6) is -1.17. The van der Waals surface area contributed by atoms with Gasteiger partial charge in [0.15, 0.2) is 0 Å². The predicted molar refractivity (Wildman–Crippen MR) is 116 cm³/mol. The molecule has 0 saturated heterocycles. The molecule has 4 nitrogen and oxygen atoms in total. The van der Waals surface area contributed by atoms with Crippen molar-refractivity contribution >= 4 is 5.78 Å². The molecule has 6 heteroatoms. The lowest BCUT2D eigenvalue weighted by Crippen LogP contribution is -2.49. The van der Waals surface area contributed by atoms with Gasteiger partial charge in [-0.05, 0) is 29.4 Å². The van der Waals surface area contributed by atoms with Crippen LogP contribution in [0.2, 0.25) is 0 Å². The SMILES string of the molecule is CC(C)(C)c1cccc(C2(NCC(O)COc3cc(F)cc(F)c3)CCC(=O)CC2)c1. The molecule has 0 amide bonds. The van der Waals surface area contributed by atoms with Gasteiger partial charge in [-0.25, -0.2) is 8.78 Å². The molecule has 0 heterocycles. The Morgan fingerprint density at radius 3 is 2.35 bits per heavy atom. The molecule has 1 unspecified atom stereocenters. The number of ketones is 1. The van der Waals surface area contributed by atoms with Crippen LogP contribution in [0.15, 0.2) is 42.5 Å². The lowest BCUT2D eigenvalue weighted by Gasteiger charge is -2.39. The number of aliphatic hydroxyl groups excluding tert-OH is 1. The summed E-state index contributed by atoms with van der Waals surface area (Å²) in [6.07, 6.45) is 1.40. The normalized spacial score (nSPS) is 17.4. The molecule has 1 aliphatic carbocycles. The summed E-state index contributed by atoms with van der Waals surface area (Å²) < 4.78 is 32.0. The molecule has 0 aliphatic heterocycles. The number of hydrogen-bond donors (Lipinski definition) is 2. The van der Waals surface area contributed by atoms with Crippen molar-refractivity contribution < 1.29 is 23.4 Å². The maximum absolute atomic E-state index is 13.3. The highest BCUT2D eigenvalue weighted by atomic mass is 19.1. The summed E-state index contributed by atoms with van der Waals surface area (Å²) in [6.45, 7) is 6.60. The van der Waals surface area contributed by atoms with E-state index >= 15 is 0 Å². The van der Waals surface area contributed by atoms with E-state index in [-0.39, 0.29) is 30.1 Å². The number of aliphatic hydroxyl groups is 1. The Morgan fingerprint density at radius 1 is 1.10 bits per heavy atom. The molecular formula is C25H31F2NO3. The van der Waals surface area contributed by atoms with Crippen LogP contribution >= 0.6 is 0 Å². The molecule has 0 radical (unpaired) electrons. The predicted octanol–water partition coefficient (Wildman–Crippen LogP) is 4.63. The first-order chi connectivity index (χ1) is 14.6. The fourth-order valence-corrected chi connectivity index (χ4v) is 3.98. The van der Waals surface area contributed by atoms with Crippen LogP contribution in [0.25, 0.3) is 0 Å².